The maximum atomic E-state index is 10.6. The molecule has 4 nitrogen and oxygen atoms in total. The van der Waals surface area contributed by atoms with E-state index in [1.165, 1.54) is 0 Å². The first-order valence-electron chi connectivity index (χ1n) is 5.56. The van der Waals surface area contributed by atoms with Crippen LogP contribution in [0.25, 0.3) is 11.3 Å². The first-order valence-corrected chi connectivity index (χ1v) is 6.35. The normalized spacial score (nSPS) is 10.6. The highest BCUT2D eigenvalue weighted by atomic mass is 79.9. The highest BCUT2D eigenvalue weighted by Crippen LogP contribution is 2.22. The minimum Gasteiger partial charge on any atom is -0.481 e. The van der Waals surface area contributed by atoms with Crippen LogP contribution in [0.15, 0.2) is 34.9 Å². The first kappa shape index (κ1) is 12.8. The van der Waals surface area contributed by atoms with E-state index in [4.69, 9.17) is 5.11 Å². The molecular formula is C13H13BrN2O2. The molecule has 94 valence electrons. The molecule has 0 saturated carbocycles. The van der Waals surface area contributed by atoms with Crippen LogP contribution in [0.1, 0.15) is 12.2 Å². The van der Waals surface area contributed by atoms with E-state index in [1.54, 1.807) is 6.20 Å². The van der Waals surface area contributed by atoms with Gasteiger partial charge >= 0.3 is 5.97 Å². The molecule has 0 aliphatic rings. The average Bonchev–Trinajstić information content (AvgIpc) is 2.69. The molecule has 0 fully saturated rings. The molecule has 1 heterocycles. The van der Waals surface area contributed by atoms with Crippen LogP contribution in [-0.2, 0) is 18.3 Å². The Kier molecular flexibility index (Phi) is 3.81. The van der Waals surface area contributed by atoms with Crippen molar-refractivity contribution >= 4 is 21.9 Å². The molecule has 0 unspecified atom stereocenters. The number of hydrogen-bond donors (Lipinski definition) is 1. The molecule has 0 amide bonds. The molecule has 5 heteroatoms. The summed E-state index contributed by atoms with van der Waals surface area (Å²) in [5.41, 5.74) is 2.05. The van der Waals surface area contributed by atoms with Crippen LogP contribution in [0.5, 0.6) is 0 Å². The second kappa shape index (κ2) is 5.35. The van der Waals surface area contributed by atoms with Crippen molar-refractivity contribution in [2.45, 2.75) is 12.8 Å². The molecule has 0 saturated heterocycles. The van der Waals surface area contributed by atoms with Crippen LogP contribution in [0.2, 0.25) is 0 Å². The van der Waals surface area contributed by atoms with Crippen molar-refractivity contribution in [3.63, 3.8) is 0 Å². The standard InChI is InChI=1S/C13H13BrN2O2/c1-16-11(9-2-4-10(14)5-3-9)8-15-12(16)6-7-13(17)18/h2-5,8H,6-7H2,1H3,(H,17,18). The number of hydrogen-bond acceptors (Lipinski definition) is 2. The highest BCUT2D eigenvalue weighted by molar-refractivity contribution is 9.10. The van der Waals surface area contributed by atoms with Crippen molar-refractivity contribution in [1.82, 2.24) is 9.55 Å². The number of aryl methyl sites for hydroxylation is 1. The molecule has 1 N–H and O–H groups in total. The average molecular weight is 309 g/mol. The molecule has 0 spiro atoms. The molecule has 0 aliphatic carbocycles. The summed E-state index contributed by atoms with van der Waals surface area (Å²) >= 11 is 3.39. The molecule has 1 aromatic carbocycles. The summed E-state index contributed by atoms with van der Waals surface area (Å²) in [7, 11) is 1.90. The molecule has 2 aromatic rings. The van der Waals surface area contributed by atoms with Gasteiger partial charge in [0.15, 0.2) is 0 Å². The summed E-state index contributed by atoms with van der Waals surface area (Å²) in [6.45, 7) is 0. The van der Waals surface area contributed by atoms with E-state index < -0.39 is 5.97 Å². The number of halogens is 1. The number of carboxylic acid groups (broad SMARTS) is 1. The van der Waals surface area contributed by atoms with E-state index in [2.05, 4.69) is 20.9 Å². The largest absolute Gasteiger partial charge is 0.481 e. The monoisotopic (exact) mass is 308 g/mol. The Labute approximate surface area is 113 Å². The number of aliphatic carboxylic acids is 1. The smallest absolute Gasteiger partial charge is 0.303 e. The van der Waals surface area contributed by atoms with Gasteiger partial charge in [-0.1, -0.05) is 28.1 Å². The van der Waals surface area contributed by atoms with Crippen LogP contribution in [-0.4, -0.2) is 20.6 Å². The summed E-state index contributed by atoms with van der Waals surface area (Å²) in [4.78, 5) is 14.8. The minimum absolute atomic E-state index is 0.102. The van der Waals surface area contributed by atoms with Crippen molar-refractivity contribution in [3.8, 4) is 11.3 Å². The number of carbonyl (C=O) groups is 1. The Bertz CT molecular complexity index is 561. The summed E-state index contributed by atoms with van der Waals surface area (Å²) in [5, 5.41) is 8.68. The molecule has 2 rings (SSSR count). The van der Waals surface area contributed by atoms with Gasteiger partial charge in [-0.05, 0) is 17.7 Å². The lowest BCUT2D eigenvalue weighted by molar-refractivity contribution is -0.137. The highest BCUT2D eigenvalue weighted by Gasteiger charge is 2.09. The lowest BCUT2D eigenvalue weighted by atomic mass is 10.2. The first-order chi connectivity index (χ1) is 8.58. The molecule has 0 bridgehead atoms. The van der Waals surface area contributed by atoms with Crippen LogP contribution >= 0.6 is 15.9 Å². The maximum absolute atomic E-state index is 10.6. The third-order valence-corrected chi connectivity index (χ3v) is 3.32. The molecule has 1 aromatic heterocycles. The van der Waals surface area contributed by atoms with Crippen molar-refractivity contribution in [3.05, 3.63) is 40.8 Å². The van der Waals surface area contributed by atoms with E-state index in [0.717, 1.165) is 21.6 Å². The quantitative estimate of drug-likeness (QED) is 0.945. The second-order valence-electron chi connectivity index (χ2n) is 4.02. The van der Waals surface area contributed by atoms with Gasteiger partial charge in [-0.15, -0.1) is 0 Å². The zero-order valence-corrected chi connectivity index (χ0v) is 11.5. The summed E-state index contributed by atoms with van der Waals surface area (Å²) in [6, 6.07) is 7.95. The van der Waals surface area contributed by atoms with Crippen molar-refractivity contribution < 1.29 is 9.90 Å². The van der Waals surface area contributed by atoms with Crippen molar-refractivity contribution in [1.29, 1.82) is 0 Å². The summed E-state index contributed by atoms with van der Waals surface area (Å²) < 4.78 is 2.96. The van der Waals surface area contributed by atoms with Gasteiger partial charge in [-0.3, -0.25) is 4.79 Å². The molecule has 18 heavy (non-hydrogen) atoms. The lowest BCUT2D eigenvalue weighted by Gasteiger charge is -2.05. The Morgan fingerprint density at radius 2 is 2.06 bits per heavy atom. The Morgan fingerprint density at radius 3 is 2.67 bits per heavy atom. The van der Waals surface area contributed by atoms with Crippen LogP contribution in [0.4, 0.5) is 0 Å². The fourth-order valence-electron chi connectivity index (χ4n) is 1.79. The Balaban J connectivity index is 2.25. The summed E-state index contributed by atoms with van der Waals surface area (Å²) in [5.74, 6) is -0.0153. The minimum atomic E-state index is -0.803. The van der Waals surface area contributed by atoms with Gasteiger partial charge in [0, 0.05) is 17.9 Å². The fraction of sp³-hybridized carbons (Fsp3) is 0.231. The zero-order chi connectivity index (χ0) is 13.1. The summed E-state index contributed by atoms with van der Waals surface area (Å²) in [6.07, 6.45) is 2.33. The Hall–Kier alpha value is -1.62. The molecule has 0 radical (unpaired) electrons. The van der Waals surface area contributed by atoms with Gasteiger partial charge < -0.3 is 9.67 Å². The van der Waals surface area contributed by atoms with Crippen LogP contribution in [0, 0.1) is 0 Å². The van der Waals surface area contributed by atoms with Crippen molar-refractivity contribution in [2.24, 2.45) is 7.05 Å². The fourth-order valence-corrected chi connectivity index (χ4v) is 2.05. The van der Waals surface area contributed by atoms with Gasteiger partial charge in [0.05, 0.1) is 18.3 Å². The zero-order valence-electron chi connectivity index (χ0n) is 9.93. The molecule has 0 atom stereocenters. The predicted molar refractivity (Wildman–Crippen MR) is 72.3 cm³/mol. The van der Waals surface area contributed by atoms with Gasteiger partial charge in [0.25, 0.3) is 0 Å². The number of rotatable bonds is 4. The second-order valence-corrected chi connectivity index (χ2v) is 4.93. The van der Waals surface area contributed by atoms with Crippen LogP contribution in [0.3, 0.4) is 0 Å². The SMILES string of the molecule is Cn1c(-c2ccc(Br)cc2)cnc1CCC(=O)O. The van der Waals surface area contributed by atoms with Gasteiger partial charge in [0.1, 0.15) is 5.82 Å². The maximum Gasteiger partial charge on any atom is 0.303 e. The lowest BCUT2D eigenvalue weighted by Crippen LogP contribution is -2.04. The number of aromatic nitrogens is 2. The van der Waals surface area contributed by atoms with Crippen LogP contribution < -0.4 is 0 Å². The van der Waals surface area contributed by atoms with Gasteiger partial charge in [-0.2, -0.15) is 0 Å². The molecule has 0 aliphatic heterocycles. The number of imidazole rings is 1. The van der Waals surface area contributed by atoms with E-state index in [-0.39, 0.29) is 6.42 Å². The van der Waals surface area contributed by atoms with E-state index in [9.17, 15) is 4.79 Å². The number of nitrogens with zero attached hydrogens (tertiary/aromatic N) is 2. The van der Waals surface area contributed by atoms with E-state index in [0.29, 0.717) is 6.42 Å². The Morgan fingerprint density at radius 1 is 1.39 bits per heavy atom. The third-order valence-electron chi connectivity index (χ3n) is 2.79. The third kappa shape index (κ3) is 2.79. The topological polar surface area (TPSA) is 55.1 Å². The van der Waals surface area contributed by atoms with E-state index >= 15 is 0 Å². The van der Waals surface area contributed by atoms with E-state index in [1.807, 2.05) is 35.9 Å². The number of benzene rings is 1. The molecular weight excluding hydrogens is 296 g/mol. The van der Waals surface area contributed by atoms with Gasteiger partial charge in [-0.25, -0.2) is 4.98 Å². The predicted octanol–water partition coefficient (Wildman–Crippen LogP) is 2.87. The van der Waals surface area contributed by atoms with Gasteiger partial charge in [0.2, 0.25) is 0 Å². The van der Waals surface area contributed by atoms with Crippen molar-refractivity contribution in [2.75, 3.05) is 0 Å². The number of carboxylic acids is 1.